The van der Waals surface area contributed by atoms with Crippen molar-refractivity contribution in [2.24, 2.45) is 28.5 Å². The van der Waals surface area contributed by atoms with E-state index in [1.54, 1.807) is 0 Å². The summed E-state index contributed by atoms with van der Waals surface area (Å²) in [4.78, 5) is 9.88. The number of hydrogen-bond donors (Lipinski definition) is 6. The Morgan fingerprint density at radius 1 is 1.07 bits per heavy atom. The maximum absolute atomic E-state index is 11.3. The van der Waals surface area contributed by atoms with Crippen LogP contribution in [0.15, 0.2) is 23.2 Å². The molecule has 6 aliphatic rings. The molecule has 3 aliphatic heterocycles. The van der Waals surface area contributed by atoms with Crippen molar-refractivity contribution >= 4 is 17.2 Å². The van der Waals surface area contributed by atoms with Gasteiger partial charge in [0.05, 0.1) is 35.9 Å². The summed E-state index contributed by atoms with van der Waals surface area (Å²) in [5.74, 6) is 1.78. The quantitative estimate of drug-likeness (QED) is 0.194. The van der Waals surface area contributed by atoms with Crippen molar-refractivity contribution in [1.82, 2.24) is 15.1 Å². The first kappa shape index (κ1) is 32.6. The number of aliphatic hydroxyl groups excluding tert-OH is 2. The zero-order valence-corrected chi connectivity index (χ0v) is 28.8. The molecule has 46 heavy (non-hydrogen) atoms. The molecule has 0 bridgehead atoms. The zero-order valence-electron chi connectivity index (χ0n) is 28.8. The Morgan fingerprint density at radius 3 is 2.57 bits per heavy atom. The Labute approximate surface area is 277 Å². The van der Waals surface area contributed by atoms with E-state index in [0.29, 0.717) is 17.6 Å². The van der Waals surface area contributed by atoms with Crippen LogP contribution in [0, 0.1) is 17.8 Å². The lowest BCUT2D eigenvalue weighted by molar-refractivity contribution is -0.0278. The van der Waals surface area contributed by atoms with Gasteiger partial charge in [0.2, 0.25) is 0 Å². The summed E-state index contributed by atoms with van der Waals surface area (Å²) in [7, 11) is 2.22. The molecule has 3 aliphatic carbocycles. The average Bonchev–Trinajstić information content (AvgIpc) is 3.69. The third-order valence-corrected chi connectivity index (χ3v) is 13.4. The topological polar surface area (TPSA) is 121 Å². The van der Waals surface area contributed by atoms with Gasteiger partial charge in [-0.05, 0) is 107 Å². The molecule has 9 nitrogen and oxygen atoms in total. The van der Waals surface area contributed by atoms with Crippen molar-refractivity contribution in [2.75, 3.05) is 30.8 Å². The number of benzene rings is 1. The highest BCUT2D eigenvalue weighted by Crippen LogP contribution is 2.46. The molecule has 3 heterocycles. The van der Waals surface area contributed by atoms with Gasteiger partial charge in [0.15, 0.2) is 0 Å². The standard InChI is InChI=1S/C37H61N7O2/c1-5-7-16-37(6-2)41-34(38)27-13-17-44(35(27)42-37)30-20-24(32(45)33(30)46)22-43(4)26-18-23(19-26)9-12-31-39-28-11-10-25(21-29(28)40-31)36(3)14-8-15-36/h10-11,21,23-24,26-27,30-33,35,39-40,42,45-46H,5-9,12-20,22H2,1-4H3,(H2,38,41)/t23?,24-,26?,27?,30-,31?,32-,33+,35?,37?/m1/s1. The van der Waals surface area contributed by atoms with Gasteiger partial charge in [-0.3, -0.25) is 15.2 Å². The number of rotatable bonds is 12. The molecule has 0 spiro atoms. The highest BCUT2D eigenvalue weighted by atomic mass is 16.3. The summed E-state index contributed by atoms with van der Waals surface area (Å²) in [5.41, 5.74) is 10.7. The van der Waals surface area contributed by atoms with E-state index < -0.39 is 12.2 Å². The number of likely N-dealkylation sites (tertiary alicyclic amines) is 1. The lowest BCUT2D eigenvalue weighted by atomic mass is 9.66. The van der Waals surface area contributed by atoms with Gasteiger partial charge in [-0.2, -0.15) is 0 Å². The van der Waals surface area contributed by atoms with Crippen LogP contribution in [0.3, 0.4) is 0 Å². The molecule has 1 saturated heterocycles. The van der Waals surface area contributed by atoms with Crippen LogP contribution in [0.1, 0.15) is 110 Å². The van der Waals surface area contributed by atoms with Gasteiger partial charge in [0.1, 0.15) is 11.5 Å². The number of anilines is 2. The minimum absolute atomic E-state index is 0.0557. The van der Waals surface area contributed by atoms with E-state index in [2.05, 4.69) is 71.8 Å². The van der Waals surface area contributed by atoms with Crippen LogP contribution in [-0.4, -0.2) is 88.3 Å². The summed E-state index contributed by atoms with van der Waals surface area (Å²) < 4.78 is 0. The van der Waals surface area contributed by atoms with Crippen LogP contribution in [0.25, 0.3) is 0 Å². The van der Waals surface area contributed by atoms with Crippen molar-refractivity contribution in [3.05, 3.63) is 23.8 Å². The first-order valence-electron chi connectivity index (χ1n) is 18.7. The van der Waals surface area contributed by atoms with E-state index in [1.165, 1.54) is 55.5 Å². The van der Waals surface area contributed by atoms with Crippen molar-refractivity contribution in [3.63, 3.8) is 0 Å². The second kappa shape index (κ2) is 12.8. The molecule has 256 valence electrons. The van der Waals surface area contributed by atoms with Gasteiger partial charge in [-0.25, -0.2) is 0 Å². The fourth-order valence-corrected chi connectivity index (χ4v) is 9.82. The van der Waals surface area contributed by atoms with Crippen LogP contribution in [0.5, 0.6) is 0 Å². The normalized spacial score (nSPS) is 39.6. The first-order valence-corrected chi connectivity index (χ1v) is 18.7. The molecule has 0 aromatic heterocycles. The monoisotopic (exact) mass is 635 g/mol. The second-order valence-corrected chi connectivity index (χ2v) is 16.3. The number of hydrogen-bond acceptors (Lipinski definition) is 9. The third-order valence-electron chi connectivity index (χ3n) is 13.4. The minimum Gasteiger partial charge on any atom is -0.390 e. The van der Waals surface area contributed by atoms with E-state index in [-0.39, 0.29) is 29.7 Å². The van der Waals surface area contributed by atoms with Crippen LogP contribution in [0.4, 0.5) is 11.4 Å². The summed E-state index contributed by atoms with van der Waals surface area (Å²) in [6.45, 7) is 8.53. The number of nitrogens with two attached hydrogens (primary N) is 1. The molecule has 1 aromatic carbocycles. The molecule has 0 radical (unpaired) electrons. The number of nitrogens with zero attached hydrogens (tertiary/aromatic N) is 3. The van der Waals surface area contributed by atoms with Crippen molar-refractivity contribution in [3.8, 4) is 0 Å². The van der Waals surface area contributed by atoms with Crippen molar-refractivity contribution in [2.45, 2.75) is 152 Å². The predicted molar refractivity (Wildman–Crippen MR) is 187 cm³/mol. The molecule has 1 aromatic rings. The van der Waals surface area contributed by atoms with Gasteiger partial charge >= 0.3 is 0 Å². The van der Waals surface area contributed by atoms with Crippen LogP contribution in [-0.2, 0) is 5.41 Å². The summed E-state index contributed by atoms with van der Waals surface area (Å²) >= 11 is 0. The second-order valence-electron chi connectivity index (χ2n) is 16.3. The molecule has 4 fully saturated rings. The Morgan fingerprint density at radius 2 is 1.85 bits per heavy atom. The van der Waals surface area contributed by atoms with Gasteiger partial charge in [0.25, 0.3) is 0 Å². The molecular formula is C37H61N7O2. The number of unbranched alkanes of at least 4 members (excludes halogenated alkanes) is 1. The number of nitrogens with one attached hydrogen (secondary N) is 3. The molecule has 9 heteroatoms. The van der Waals surface area contributed by atoms with Crippen molar-refractivity contribution < 1.29 is 10.2 Å². The number of aliphatic hydroxyl groups is 2. The minimum atomic E-state index is -0.733. The molecular weight excluding hydrogens is 574 g/mol. The lowest BCUT2D eigenvalue weighted by Gasteiger charge is -2.44. The number of fused-ring (bicyclic) bond motifs is 2. The van der Waals surface area contributed by atoms with Gasteiger partial charge in [0, 0.05) is 37.0 Å². The highest BCUT2D eigenvalue weighted by Gasteiger charge is 2.53. The first-order chi connectivity index (χ1) is 22.1. The predicted octanol–water partition coefficient (Wildman–Crippen LogP) is 4.80. The number of amidine groups is 1. The molecule has 0 amide bonds. The SMILES string of the molecule is CCCCC1(CC)N=C(N)C2CCN([C@@H]3C[C@H](CN(C)C4CC(CCC5Nc6ccc(C7(C)CCC7)cc6N5)C4)[C@@H](O)[C@H]3O)C2N1. The van der Waals surface area contributed by atoms with E-state index >= 15 is 0 Å². The number of aliphatic imine (C=N–C) groups is 1. The van der Waals surface area contributed by atoms with E-state index in [4.69, 9.17) is 10.7 Å². The Bertz CT molecular complexity index is 1260. The Hall–Kier alpha value is -1.91. The molecule has 8 atom stereocenters. The largest absolute Gasteiger partial charge is 0.390 e. The lowest BCUT2D eigenvalue weighted by Crippen LogP contribution is -2.63. The van der Waals surface area contributed by atoms with Crippen molar-refractivity contribution in [1.29, 1.82) is 0 Å². The summed E-state index contributed by atoms with van der Waals surface area (Å²) in [6, 6.07) is 7.50. The van der Waals surface area contributed by atoms with Crippen LogP contribution in [0.2, 0.25) is 0 Å². The maximum atomic E-state index is 11.3. The summed E-state index contributed by atoms with van der Waals surface area (Å²) in [6.07, 6.45) is 13.6. The van der Waals surface area contributed by atoms with E-state index in [9.17, 15) is 10.2 Å². The fourth-order valence-electron chi connectivity index (χ4n) is 9.82. The van der Waals surface area contributed by atoms with Gasteiger partial charge < -0.3 is 31.5 Å². The van der Waals surface area contributed by atoms with E-state index in [0.717, 1.165) is 69.8 Å². The Balaban J connectivity index is 0.876. The molecule has 7 N–H and O–H groups in total. The van der Waals surface area contributed by atoms with Crippen LogP contribution >= 0.6 is 0 Å². The van der Waals surface area contributed by atoms with Gasteiger partial charge in [-0.1, -0.05) is 39.7 Å². The Kier molecular flexibility index (Phi) is 9.11. The van der Waals surface area contributed by atoms with Gasteiger partial charge in [-0.15, -0.1) is 0 Å². The third kappa shape index (κ3) is 5.97. The smallest absolute Gasteiger partial charge is 0.113 e. The zero-order chi connectivity index (χ0) is 32.2. The maximum Gasteiger partial charge on any atom is 0.113 e. The highest BCUT2D eigenvalue weighted by molar-refractivity contribution is 5.85. The van der Waals surface area contributed by atoms with E-state index in [1.807, 2.05) is 0 Å². The van der Waals surface area contributed by atoms with Crippen LogP contribution < -0.4 is 21.7 Å². The molecule has 7 rings (SSSR count). The fraction of sp³-hybridized carbons (Fsp3) is 0.811. The summed E-state index contributed by atoms with van der Waals surface area (Å²) in [5, 5.41) is 34.0. The average molecular weight is 636 g/mol. The molecule has 3 saturated carbocycles. The molecule has 4 unspecified atom stereocenters.